The molecule has 4 heteroatoms. The Morgan fingerprint density at radius 1 is 1.29 bits per heavy atom. The summed E-state index contributed by atoms with van der Waals surface area (Å²) in [4.78, 5) is 0. The van der Waals surface area contributed by atoms with E-state index in [-0.39, 0.29) is 0 Å². The maximum absolute atomic E-state index is 4.04. The van der Waals surface area contributed by atoms with Gasteiger partial charge < -0.3 is 0 Å². The maximum Gasteiger partial charge on any atom is 0.181 e. The summed E-state index contributed by atoms with van der Waals surface area (Å²) in [6.45, 7) is 6.95. The zero-order valence-electron chi connectivity index (χ0n) is 10.4. The molecule has 0 radical (unpaired) electrons. The van der Waals surface area contributed by atoms with Crippen LogP contribution >= 0.6 is 0 Å². The highest BCUT2D eigenvalue weighted by Gasteiger charge is 2.07. The first-order valence-corrected chi connectivity index (χ1v) is 5.76. The molecule has 0 aliphatic heterocycles. The fraction of sp³-hybridized carbons (Fsp3) is 0.308. The van der Waals surface area contributed by atoms with Crippen LogP contribution in [0.2, 0.25) is 0 Å². The normalized spacial score (nSPS) is 11.8. The van der Waals surface area contributed by atoms with Gasteiger partial charge in [-0.1, -0.05) is 30.3 Å². The number of hydrogen-bond donors (Lipinski definition) is 0. The quantitative estimate of drug-likeness (QED) is 0.811. The largest absolute Gasteiger partial charge is 0.226 e. The highest BCUT2D eigenvalue weighted by Crippen LogP contribution is 2.20. The van der Waals surface area contributed by atoms with E-state index in [0.29, 0.717) is 0 Å². The number of aromatic nitrogens is 4. The van der Waals surface area contributed by atoms with Gasteiger partial charge in [-0.15, -0.1) is 5.10 Å². The molecule has 0 saturated carbocycles. The first-order chi connectivity index (χ1) is 8.26. The van der Waals surface area contributed by atoms with Crippen LogP contribution in [0.4, 0.5) is 0 Å². The van der Waals surface area contributed by atoms with Crippen LogP contribution in [0.25, 0.3) is 17.0 Å². The van der Waals surface area contributed by atoms with Crippen molar-refractivity contribution in [3.05, 3.63) is 35.9 Å². The van der Waals surface area contributed by atoms with Crippen LogP contribution in [0.1, 0.15) is 26.3 Å². The minimum absolute atomic E-state index is 0.776. The molecule has 17 heavy (non-hydrogen) atoms. The third kappa shape index (κ3) is 2.25. The second-order valence-corrected chi connectivity index (χ2v) is 3.87. The van der Waals surface area contributed by atoms with Gasteiger partial charge in [-0.05, 0) is 42.3 Å². The molecule has 1 aromatic carbocycles. The van der Waals surface area contributed by atoms with Gasteiger partial charge in [-0.3, -0.25) is 0 Å². The third-order valence-corrected chi connectivity index (χ3v) is 2.86. The Bertz CT molecular complexity index is 523. The minimum Gasteiger partial charge on any atom is -0.226 e. The molecule has 0 saturated heterocycles. The lowest BCUT2D eigenvalue weighted by Crippen LogP contribution is -1.99. The van der Waals surface area contributed by atoms with Crippen molar-refractivity contribution >= 4 is 5.57 Å². The number of rotatable bonds is 3. The van der Waals surface area contributed by atoms with Gasteiger partial charge in [0.25, 0.3) is 0 Å². The summed E-state index contributed by atoms with van der Waals surface area (Å²) in [6.07, 6.45) is 2.10. The summed E-state index contributed by atoms with van der Waals surface area (Å²) in [5.41, 5.74) is 3.54. The number of benzene rings is 1. The smallest absolute Gasteiger partial charge is 0.181 e. The van der Waals surface area contributed by atoms with Crippen LogP contribution < -0.4 is 0 Å². The van der Waals surface area contributed by atoms with Gasteiger partial charge in [-0.25, -0.2) is 4.68 Å². The van der Waals surface area contributed by atoms with Crippen LogP contribution in [0, 0.1) is 0 Å². The predicted molar refractivity (Wildman–Crippen MR) is 68.3 cm³/mol. The van der Waals surface area contributed by atoms with Gasteiger partial charge >= 0.3 is 0 Å². The summed E-state index contributed by atoms with van der Waals surface area (Å²) in [7, 11) is 0. The molecule has 0 N–H and O–H groups in total. The molecule has 0 fully saturated rings. The van der Waals surface area contributed by atoms with Crippen molar-refractivity contribution in [1.82, 2.24) is 20.2 Å². The average Bonchev–Trinajstić information content (AvgIpc) is 2.86. The lowest BCUT2D eigenvalue weighted by atomic mass is 10.1. The second kappa shape index (κ2) is 4.91. The molecule has 0 bridgehead atoms. The SMILES string of the molecule is C/C=C(/C)c1ccc(-c2nnnn2CC)cc1. The van der Waals surface area contributed by atoms with Crippen LogP contribution in [-0.2, 0) is 6.54 Å². The Hall–Kier alpha value is -1.97. The monoisotopic (exact) mass is 228 g/mol. The number of aryl methyl sites for hydroxylation is 1. The van der Waals surface area contributed by atoms with Gasteiger partial charge in [0.05, 0.1) is 0 Å². The first kappa shape index (κ1) is 11.5. The summed E-state index contributed by atoms with van der Waals surface area (Å²) < 4.78 is 1.79. The summed E-state index contributed by atoms with van der Waals surface area (Å²) in [5.74, 6) is 0.817. The zero-order valence-corrected chi connectivity index (χ0v) is 10.4. The van der Waals surface area contributed by atoms with E-state index in [1.165, 1.54) is 11.1 Å². The van der Waals surface area contributed by atoms with Crippen molar-refractivity contribution < 1.29 is 0 Å². The third-order valence-electron chi connectivity index (χ3n) is 2.86. The standard InChI is InChI=1S/C13H16N4/c1-4-10(3)11-6-8-12(9-7-11)13-14-15-16-17(13)5-2/h4,6-9H,5H2,1-3H3/b10-4-. The Kier molecular flexibility index (Phi) is 3.32. The molecule has 0 aliphatic rings. The van der Waals surface area contributed by atoms with E-state index < -0.39 is 0 Å². The summed E-state index contributed by atoms with van der Waals surface area (Å²) in [6, 6.07) is 8.30. The molecule has 1 heterocycles. The molecule has 1 aromatic heterocycles. The van der Waals surface area contributed by atoms with Crippen LogP contribution in [-0.4, -0.2) is 20.2 Å². The Morgan fingerprint density at radius 2 is 2.00 bits per heavy atom. The highest BCUT2D eigenvalue weighted by atomic mass is 15.5. The van der Waals surface area contributed by atoms with Gasteiger partial charge in [0.2, 0.25) is 0 Å². The van der Waals surface area contributed by atoms with Gasteiger partial charge in [0, 0.05) is 12.1 Å². The average molecular weight is 228 g/mol. The molecule has 0 aliphatic carbocycles. The Labute approximate surface area is 101 Å². The maximum atomic E-state index is 4.04. The van der Waals surface area contributed by atoms with Gasteiger partial charge in [0.15, 0.2) is 5.82 Å². The van der Waals surface area contributed by atoms with Gasteiger partial charge in [0.1, 0.15) is 0 Å². The lowest BCUT2D eigenvalue weighted by molar-refractivity contribution is 0.631. The van der Waals surface area contributed by atoms with E-state index >= 15 is 0 Å². The van der Waals surface area contributed by atoms with Crippen molar-refractivity contribution in [3.63, 3.8) is 0 Å². The van der Waals surface area contributed by atoms with Crippen molar-refractivity contribution in [3.8, 4) is 11.4 Å². The van der Waals surface area contributed by atoms with Crippen LogP contribution in [0.5, 0.6) is 0 Å². The van der Waals surface area contributed by atoms with Crippen LogP contribution in [0.3, 0.4) is 0 Å². The Morgan fingerprint density at radius 3 is 2.59 bits per heavy atom. The van der Waals surface area contributed by atoms with E-state index in [1.807, 2.05) is 13.8 Å². The van der Waals surface area contributed by atoms with Crippen molar-refractivity contribution in [2.24, 2.45) is 0 Å². The number of hydrogen-bond acceptors (Lipinski definition) is 3. The predicted octanol–water partition coefficient (Wildman–Crippen LogP) is 2.78. The van der Waals surface area contributed by atoms with Crippen molar-refractivity contribution in [2.75, 3.05) is 0 Å². The fourth-order valence-corrected chi connectivity index (χ4v) is 1.67. The van der Waals surface area contributed by atoms with E-state index in [9.17, 15) is 0 Å². The molecule has 0 spiro atoms. The molecule has 2 aromatic rings. The van der Waals surface area contributed by atoms with E-state index in [2.05, 4.69) is 52.8 Å². The van der Waals surface area contributed by atoms with E-state index in [0.717, 1.165) is 17.9 Å². The molecule has 2 rings (SSSR count). The van der Waals surface area contributed by atoms with Gasteiger partial charge in [-0.2, -0.15) is 0 Å². The number of tetrazole rings is 1. The summed E-state index contributed by atoms with van der Waals surface area (Å²) >= 11 is 0. The van der Waals surface area contributed by atoms with Crippen molar-refractivity contribution in [1.29, 1.82) is 0 Å². The summed E-state index contributed by atoms with van der Waals surface area (Å²) in [5, 5.41) is 11.7. The number of allylic oxidation sites excluding steroid dienone is 2. The molecular weight excluding hydrogens is 212 g/mol. The number of nitrogens with zero attached hydrogens (tertiary/aromatic N) is 4. The molecule has 0 amide bonds. The molecule has 4 nitrogen and oxygen atoms in total. The fourth-order valence-electron chi connectivity index (χ4n) is 1.67. The molecule has 0 atom stereocenters. The Balaban J connectivity index is 2.36. The lowest BCUT2D eigenvalue weighted by Gasteiger charge is -2.04. The van der Waals surface area contributed by atoms with Crippen LogP contribution in [0.15, 0.2) is 30.3 Å². The van der Waals surface area contributed by atoms with E-state index in [4.69, 9.17) is 0 Å². The topological polar surface area (TPSA) is 43.6 Å². The second-order valence-electron chi connectivity index (χ2n) is 3.87. The molecular formula is C13H16N4. The highest BCUT2D eigenvalue weighted by molar-refractivity contribution is 5.66. The molecule has 0 unspecified atom stereocenters. The molecule has 88 valence electrons. The first-order valence-electron chi connectivity index (χ1n) is 5.76. The minimum atomic E-state index is 0.776. The van der Waals surface area contributed by atoms with Crippen molar-refractivity contribution in [2.45, 2.75) is 27.3 Å². The zero-order chi connectivity index (χ0) is 12.3. The van der Waals surface area contributed by atoms with E-state index in [1.54, 1.807) is 4.68 Å².